The minimum Gasteiger partial charge on any atom is -0.458 e. The van der Waals surface area contributed by atoms with Gasteiger partial charge < -0.3 is 39.7 Å². The van der Waals surface area contributed by atoms with Crippen molar-refractivity contribution in [1.29, 1.82) is 0 Å². The third kappa shape index (κ3) is 3.65. The van der Waals surface area contributed by atoms with Crippen LogP contribution in [-0.4, -0.2) is 86.1 Å². The van der Waals surface area contributed by atoms with Crippen molar-refractivity contribution >= 4 is 5.97 Å². The van der Waals surface area contributed by atoms with Crippen molar-refractivity contribution in [2.75, 3.05) is 6.61 Å². The Kier molecular flexibility index (Phi) is 6.40. The number of aliphatic hydroxyl groups excluding tert-OH is 3. The summed E-state index contributed by atoms with van der Waals surface area (Å²) in [5, 5.41) is 55.1. The van der Waals surface area contributed by atoms with E-state index in [0.29, 0.717) is 32.3 Å². The fraction of sp³-hybridized carbons (Fsp3) is 0.897. The van der Waals surface area contributed by atoms with Gasteiger partial charge in [0.1, 0.15) is 24.9 Å². The molecule has 5 N–H and O–H groups in total. The molecule has 0 aromatic rings. The molecule has 0 bridgehead atoms. The van der Waals surface area contributed by atoms with E-state index in [1.165, 1.54) is 0 Å². The highest BCUT2D eigenvalue weighted by Crippen LogP contribution is 2.70. The second-order valence-corrected chi connectivity index (χ2v) is 13.7. The molecule has 4 saturated carbocycles. The molecule has 2 heterocycles. The van der Waals surface area contributed by atoms with E-state index in [4.69, 9.17) is 14.2 Å². The van der Waals surface area contributed by atoms with E-state index in [1.54, 1.807) is 13.0 Å². The molecule has 0 aromatic heterocycles. The van der Waals surface area contributed by atoms with E-state index in [-0.39, 0.29) is 40.7 Å². The van der Waals surface area contributed by atoms with Gasteiger partial charge in [-0.2, -0.15) is 0 Å². The monoisotopic (exact) mass is 536 g/mol. The Hall–Kier alpha value is -1.07. The number of ether oxygens (including phenoxy) is 3. The Labute approximate surface area is 224 Å². The van der Waals surface area contributed by atoms with Crippen LogP contribution >= 0.6 is 0 Å². The molecule has 6 rings (SSSR count). The Morgan fingerprint density at radius 2 is 1.61 bits per heavy atom. The van der Waals surface area contributed by atoms with Crippen molar-refractivity contribution in [3.63, 3.8) is 0 Å². The first-order valence-electron chi connectivity index (χ1n) is 14.5. The Bertz CT molecular complexity index is 1000. The number of fused-ring (bicyclic) bond motifs is 5. The fourth-order valence-electron chi connectivity index (χ4n) is 9.80. The van der Waals surface area contributed by atoms with Crippen LogP contribution in [0.1, 0.15) is 78.6 Å². The number of esters is 1. The van der Waals surface area contributed by atoms with Crippen LogP contribution in [0.25, 0.3) is 0 Å². The molecular formula is C29H44O9. The van der Waals surface area contributed by atoms with Crippen molar-refractivity contribution < 1.29 is 44.5 Å². The van der Waals surface area contributed by atoms with Gasteiger partial charge in [0.2, 0.25) is 0 Å². The summed E-state index contributed by atoms with van der Waals surface area (Å²) in [5.41, 5.74) is -1.51. The van der Waals surface area contributed by atoms with Crippen LogP contribution < -0.4 is 0 Å². The Balaban J connectivity index is 1.19. The normalized spacial score (nSPS) is 56.5. The van der Waals surface area contributed by atoms with Crippen molar-refractivity contribution in [2.24, 2.45) is 28.6 Å². The van der Waals surface area contributed by atoms with Crippen molar-refractivity contribution in [3.8, 4) is 0 Å². The van der Waals surface area contributed by atoms with Crippen LogP contribution in [0.3, 0.4) is 0 Å². The minimum absolute atomic E-state index is 0.0774. The van der Waals surface area contributed by atoms with E-state index in [9.17, 15) is 30.3 Å². The molecular weight excluding hydrogens is 492 g/mol. The van der Waals surface area contributed by atoms with Gasteiger partial charge in [-0.25, -0.2) is 4.79 Å². The van der Waals surface area contributed by atoms with Gasteiger partial charge in [0.15, 0.2) is 6.29 Å². The van der Waals surface area contributed by atoms with Gasteiger partial charge in [0.25, 0.3) is 0 Å². The van der Waals surface area contributed by atoms with Gasteiger partial charge in [0.05, 0.1) is 23.4 Å². The van der Waals surface area contributed by atoms with Crippen LogP contribution in [0.2, 0.25) is 0 Å². The average Bonchev–Trinajstić information content (AvgIpc) is 3.41. The van der Waals surface area contributed by atoms with Gasteiger partial charge in [-0.05, 0) is 87.0 Å². The van der Waals surface area contributed by atoms with Crippen LogP contribution in [0, 0.1) is 28.6 Å². The molecule has 0 spiro atoms. The maximum absolute atomic E-state index is 12.4. The number of rotatable bonds is 3. The number of cyclic esters (lactones) is 1. The maximum Gasteiger partial charge on any atom is 0.331 e. The zero-order valence-corrected chi connectivity index (χ0v) is 22.7. The number of hydrogen-bond donors (Lipinski definition) is 5. The molecule has 13 atom stereocenters. The zero-order chi connectivity index (χ0) is 27.3. The van der Waals surface area contributed by atoms with Gasteiger partial charge in [0, 0.05) is 17.9 Å². The molecule has 6 aliphatic rings. The number of aliphatic hydroxyl groups is 5. The van der Waals surface area contributed by atoms with Gasteiger partial charge in [-0.1, -0.05) is 13.8 Å². The highest BCUT2D eigenvalue weighted by atomic mass is 16.7. The van der Waals surface area contributed by atoms with E-state index >= 15 is 0 Å². The smallest absolute Gasteiger partial charge is 0.331 e. The lowest BCUT2D eigenvalue weighted by Gasteiger charge is -2.66. The molecule has 9 nitrogen and oxygen atoms in total. The second-order valence-electron chi connectivity index (χ2n) is 13.7. The SMILES string of the molecule is C[C@H]1O[C@H](O[C@H]2CC[C@]3(C)[C@H]4CC[C@]5(C)[C@@H](C6=CC(=O)OC6)CC[C@]5(O)[C@H]4CC[C@]3(O)C2)[C@H](O)[C@H](O)[C@@H]1O. The zero-order valence-electron chi connectivity index (χ0n) is 22.7. The largest absolute Gasteiger partial charge is 0.458 e. The highest BCUT2D eigenvalue weighted by molar-refractivity contribution is 5.85. The quantitative estimate of drug-likeness (QED) is 0.268. The highest BCUT2D eigenvalue weighted by Gasteiger charge is 2.70. The Morgan fingerprint density at radius 3 is 2.32 bits per heavy atom. The third-order valence-corrected chi connectivity index (χ3v) is 12.2. The summed E-state index contributed by atoms with van der Waals surface area (Å²) in [6.45, 7) is 6.33. The van der Waals surface area contributed by atoms with Gasteiger partial charge in [-0.3, -0.25) is 0 Å². The van der Waals surface area contributed by atoms with E-state index in [0.717, 1.165) is 37.7 Å². The standard InChI is InChI=1S/C29H44O9/c1-15-22(31)23(32)24(33)25(37-15)38-17-4-8-26(2)19-5-9-27(3)18(16-12-21(30)36-14-16)7-11-29(27,35)20(19)6-10-28(26,34)13-17/h12,15,17-20,22-25,31-35H,4-11,13-14H2,1-3H3/t15-,17+,18-,19+,20+,22-,23-,24-,25-,26-,27-,28+,29+/m1/s1. The number of carbonyl (C=O) groups is 1. The average molecular weight is 537 g/mol. The van der Waals surface area contributed by atoms with Gasteiger partial charge >= 0.3 is 5.97 Å². The second kappa shape index (κ2) is 8.96. The van der Waals surface area contributed by atoms with E-state index in [1.807, 2.05) is 0 Å². The first-order chi connectivity index (χ1) is 17.8. The van der Waals surface area contributed by atoms with Crippen LogP contribution in [0.4, 0.5) is 0 Å². The molecule has 2 aliphatic heterocycles. The van der Waals surface area contributed by atoms with Crippen molar-refractivity contribution in [1.82, 2.24) is 0 Å². The summed E-state index contributed by atoms with van der Waals surface area (Å²) in [6.07, 6.45) is 2.01. The molecule has 9 heteroatoms. The molecule has 0 radical (unpaired) electrons. The lowest BCUT2D eigenvalue weighted by molar-refractivity contribution is -0.319. The lowest BCUT2D eigenvalue weighted by Crippen LogP contribution is -2.67. The molecule has 0 aromatic carbocycles. The summed E-state index contributed by atoms with van der Waals surface area (Å²) in [7, 11) is 0. The number of hydrogen-bond acceptors (Lipinski definition) is 9. The van der Waals surface area contributed by atoms with E-state index in [2.05, 4.69) is 13.8 Å². The first kappa shape index (κ1) is 27.1. The summed E-state index contributed by atoms with van der Waals surface area (Å²) >= 11 is 0. The van der Waals surface area contributed by atoms with Gasteiger partial charge in [-0.15, -0.1) is 0 Å². The lowest BCUT2D eigenvalue weighted by atomic mass is 9.42. The Morgan fingerprint density at radius 1 is 0.895 bits per heavy atom. The van der Waals surface area contributed by atoms with E-state index < -0.39 is 41.9 Å². The summed E-state index contributed by atoms with van der Waals surface area (Å²) in [4.78, 5) is 11.8. The molecule has 38 heavy (non-hydrogen) atoms. The number of carbonyl (C=O) groups excluding carboxylic acids is 1. The molecule has 0 amide bonds. The summed E-state index contributed by atoms with van der Waals surface area (Å²) < 4.78 is 17.0. The van der Waals surface area contributed by atoms with Crippen molar-refractivity contribution in [3.05, 3.63) is 11.6 Å². The molecule has 4 aliphatic carbocycles. The van der Waals surface area contributed by atoms with Crippen LogP contribution in [0.15, 0.2) is 11.6 Å². The van der Waals surface area contributed by atoms with Crippen molar-refractivity contribution in [2.45, 2.75) is 127 Å². The third-order valence-electron chi connectivity index (χ3n) is 12.2. The molecule has 1 saturated heterocycles. The topological polar surface area (TPSA) is 146 Å². The first-order valence-corrected chi connectivity index (χ1v) is 14.5. The molecule has 5 fully saturated rings. The predicted octanol–water partition coefficient (Wildman–Crippen LogP) is 1.57. The summed E-state index contributed by atoms with van der Waals surface area (Å²) in [6, 6.07) is 0. The summed E-state index contributed by atoms with van der Waals surface area (Å²) in [5.74, 6) is 0.0978. The minimum atomic E-state index is -1.36. The fourth-order valence-corrected chi connectivity index (χ4v) is 9.80. The maximum atomic E-state index is 12.4. The van der Waals surface area contributed by atoms with Crippen LogP contribution in [-0.2, 0) is 19.0 Å². The van der Waals surface area contributed by atoms with Crippen LogP contribution in [0.5, 0.6) is 0 Å². The predicted molar refractivity (Wildman–Crippen MR) is 134 cm³/mol. The molecule has 0 unspecified atom stereocenters. The molecule has 214 valence electrons.